The second-order valence-electron chi connectivity index (χ2n) is 5.60. The number of ketones is 1. The van der Waals surface area contributed by atoms with Gasteiger partial charge in [0.2, 0.25) is 0 Å². The van der Waals surface area contributed by atoms with Crippen LogP contribution in [0.4, 0.5) is 0 Å². The van der Waals surface area contributed by atoms with E-state index in [2.05, 4.69) is 26.0 Å². The van der Waals surface area contributed by atoms with Crippen LogP contribution >= 0.6 is 0 Å². The standard InChI is InChI=1S/C19H22O2/c1-5-18(20)15-7-6-8-16(12-15)21-19-11-14(4)9-10-17(19)13(2)3/h6-13H,5H2,1-4H3. The zero-order valence-corrected chi connectivity index (χ0v) is 13.1. The second-order valence-corrected chi connectivity index (χ2v) is 5.60. The zero-order valence-electron chi connectivity index (χ0n) is 13.1. The number of hydrogen-bond acceptors (Lipinski definition) is 2. The van der Waals surface area contributed by atoms with Crippen LogP contribution in [0.2, 0.25) is 0 Å². The molecule has 2 aromatic rings. The molecular weight excluding hydrogens is 260 g/mol. The van der Waals surface area contributed by atoms with Crippen molar-refractivity contribution in [2.75, 3.05) is 0 Å². The van der Waals surface area contributed by atoms with Gasteiger partial charge in [-0.3, -0.25) is 4.79 Å². The number of carbonyl (C=O) groups is 1. The van der Waals surface area contributed by atoms with Crippen molar-refractivity contribution < 1.29 is 9.53 Å². The van der Waals surface area contributed by atoms with Gasteiger partial charge in [-0.25, -0.2) is 0 Å². The molecule has 0 spiro atoms. The third-order valence-electron chi connectivity index (χ3n) is 3.50. The van der Waals surface area contributed by atoms with Crippen molar-refractivity contribution in [1.82, 2.24) is 0 Å². The highest BCUT2D eigenvalue weighted by Gasteiger charge is 2.10. The highest BCUT2D eigenvalue weighted by Crippen LogP contribution is 2.31. The summed E-state index contributed by atoms with van der Waals surface area (Å²) in [6, 6.07) is 13.7. The molecule has 0 heterocycles. The number of benzene rings is 2. The molecule has 0 unspecified atom stereocenters. The predicted molar refractivity (Wildman–Crippen MR) is 86.4 cm³/mol. The Morgan fingerprint density at radius 3 is 2.57 bits per heavy atom. The van der Waals surface area contributed by atoms with Crippen molar-refractivity contribution in [3.05, 3.63) is 59.2 Å². The average Bonchev–Trinajstić information content (AvgIpc) is 2.46. The maximum absolute atomic E-state index is 11.8. The van der Waals surface area contributed by atoms with E-state index < -0.39 is 0 Å². The number of rotatable bonds is 5. The Bertz CT molecular complexity index is 642. The van der Waals surface area contributed by atoms with Gasteiger partial charge in [0.05, 0.1) is 0 Å². The molecule has 0 amide bonds. The van der Waals surface area contributed by atoms with Gasteiger partial charge in [-0.15, -0.1) is 0 Å². The van der Waals surface area contributed by atoms with Gasteiger partial charge in [0, 0.05) is 12.0 Å². The molecule has 0 bridgehead atoms. The van der Waals surface area contributed by atoms with Crippen LogP contribution in [-0.2, 0) is 0 Å². The maximum Gasteiger partial charge on any atom is 0.162 e. The highest BCUT2D eigenvalue weighted by atomic mass is 16.5. The van der Waals surface area contributed by atoms with Crippen molar-refractivity contribution in [2.45, 2.75) is 40.0 Å². The van der Waals surface area contributed by atoms with E-state index in [1.165, 1.54) is 5.56 Å². The highest BCUT2D eigenvalue weighted by molar-refractivity contribution is 5.96. The lowest BCUT2D eigenvalue weighted by molar-refractivity contribution is 0.0988. The van der Waals surface area contributed by atoms with E-state index in [9.17, 15) is 4.79 Å². The van der Waals surface area contributed by atoms with Crippen LogP contribution in [0.5, 0.6) is 11.5 Å². The van der Waals surface area contributed by atoms with Crippen molar-refractivity contribution in [2.24, 2.45) is 0 Å². The monoisotopic (exact) mass is 282 g/mol. The molecule has 2 rings (SSSR count). The Morgan fingerprint density at radius 1 is 1.14 bits per heavy atom. The van der Waals surface area contributed by atoms with Crippen molar-refractivity contribution in [1.29, 1.82) is 0 Å². The van der Waals surface area contributed by atoms with Crippen LogP contribution in [0.25, 0.3) is 0 Å². The first-order chi connectivity index (χ1) is 10.0. The Labute approximate surface area is 126 Å². The van der Waals surface area contributed by atoms with Crippen LogP contribution in [0, 0.1) is 6.92 Å². The third-order valence-corrected chi connectivity index (χ3v) is 3.50. The van der Waals surface area contributed by atoms with Crippen LogP contribution < -0.4 is 4.74 Å². The van der Waals surface area contributed by atoms with Gasteiger partial charge in [-0.1, -0.05) is 45.0 Å². The first-order valence-electron chi connectivity index (χ1n) is 7.43. The van der Waals surface area contributed by atoms with E-state index in [4.69, 9.17) is 4.74 Å². The molecule has 0 N–H and O–H groups in total. The van der Waals surface area contributed by atoms with E-state index in [0.29, 0.717) is 23.7 Å². The fourth-order valence-electron chi connectivity index (χ4n) is 2.27. The lowest BCUT2D eigenvalue weighted by Crippen LogP contribution is -1.98. The summed E-state index contributed by atoms with van der Waals surface area (Å²) in [4.78, 5) is 11.8. The number of carbonyl (C=O) groups excluding carboxylic acids is 1. The van der Waals surface area contributed by atoms with Gasteiger partial charge in [-0.05, 0) is 42.2 Å². The van der Waals surface area contributed by atoms with Gasteiger partial charge >= 0.3 is 0 Å². The topological polar surface area (TPSA) is 26.3 Å². The Kier molecular flexibility index (Phi) is 4.79. The van der Waals surface area contributed by atoms with E-state index in [1.807, 2.05) is 44.2 Å². The lowest BCUT2D eigenvalue weighted by atomic mass is 10.0. The molecule has 2 aromatic carbocycles. The summed E-state index contributed by atoms with van der Waals surface area (Å²) < 4.78 is 6.03. The number of ether oxygens (including phenoxy) is 1. The van der Waals surface area contributed by atoms with Gasteiger partial charge in [-0.2, -0.15) is 0 Å². The Hall–Kier alpha value is -2.09. The molecule has 0 aliphatic rings. The van der Waals surface area contributed by atoms with Crippen LogP contribution in [-0.4, -0.2) is 5.78 Å². The molecule has 0 fully saturated rings. The Balaban J connectivity index is 2.34. The number of hydrogen-bond donors (Lipinski definition) is 0. The van der Waals surface area contributed by atoms with E-state index >= 15 is 0 Å². The minimum atomic E-state index is 0.133. The van der Waals surface area contributed by atoms with E-state index in [-0.39, 0.29) is 5.78 Å². The smallest absolute Gasteiger partial charge is 0.162 e. The zero-order chi connectivity index (χ0) is 15.4. The fraction of sp³-hybridized carbons (Fsp3) is 0.316. The third kappa shape index (κ3) is 3.72. The summed E-state index contributed by atoms with van der Waals surface area (Å²) in [6.45, 7) is 8.21. The average molecular weight is 282 g/mol. The minimum Gasteiger partial charge on any atom is -0.457 e. The molecule has 21 heavy (non-hydrogen) atoms. The summed E-state index contributed by atoms with van der Waals surface area (Å²) in [5.74, 6) is 2.10. The van der Waals surface area contributed by atoms with Gasteiger partial charge in [0.25, 0.3) is 0 Å². The Morgan fingerprint density at radius 2 is 1.90 bits per heavy atom. The van der Waals surface area contributed by atoms with Crippen LogP contribution in [0.3, 0.4) is 0 Å². The molecule has 0 aliphatic heterocycles. The first-order valence-corrected chi connectivity index (χ1v) is 7.43. The van der Waals surface area contributed by atoms with E-state index in [0.717, 1.165) is 11.3 Å². The molecule has 0 aliphatic carbocycles. The molecule has 110 valence electrons. The summed E-state index contributed by atoms with van der Waals surface area (Å²) in [5.41, 5.74) is 3.04. The van der Waals surface area contributed by atoms with Crippen molar-refractivity contribution in [3.63, 3.8) is 0 Å². The molecule has 0 atom stereocenters. The first kappa shape index (κ1) is 15.3. The fourth-order valence-corrected chi connectivity index (χ4v) is 2.27. The molecular formula is C19H22O2. The number of Topliss-reactive ketones (excluding diaryl/α,β-unsaturated/α-hetero) is 1. The SMILES string of the molecule is CCC(=O)c1cccc(Oc2cc(C)ccc2C(C)C)c1. The molecule has 0 saturated carbocycles. The normalized spacial score (nSPS) is 10.7. The molecule has 0 aromatic heterocycles. The largest absolute Gasteiger partial charge is 0.457 e. The minimum absolute atomic E-state index is 0.133. The van der Waals surface area contributed by atoms with Gasteiger partial charge in [0.1, 0.15) is 11.5 Å². The quantitative estimate of drug-likeness (QED) is 0.676. The van der Waals surface area contributed by atoms with Gasteiger partial charge < -0.3 is 4.74 Å². The van der Waals surface area contributed by atoms with Crippen LogP contribution in [0.15, 0.2) is 42.5 Å². The predicted octanol–water partition coefficient (Wildman–Crippen LogP) is 5.50. The summed E-state index contributed by atoms with van der Waals surface area (Å²) in [5, 5.41) is 0. The maximum atomic E-state index is 11.8. The van der Waals surface area contributed by atoms with Crippen molar-refractivity contribution in [3.8, 4) is 11.5 Å². The second kappa shape index (κ2) is 6.57. The summed E-state index contributed by atoms with van der Waals surface area (Å²) >= 11 is 0. The summed E-state index contributed by atoms with van der Waals surface area (Å²) in [7, 11) is 0. The lowest BCUT2D eigenvalue weighted by Gasteiger charge is -2.15. The van der Waals surface area contributed by atoms with Crippen molar-refractivity contribution >= 4 is 5.78 Å². The molecule has 2 heteroatoms. The molecule has 0 radical (unpaired) electrons. The molecule has 0 saturated heterocycles. The van der Waals surface area contributed by atoms with Crippen LogP contribution in [0.1, 0.15) is 54.6 Å². The van der Waals surface area contributed by atoms with Gasteiger partial charge in [0.15, 0.2) is 5.78 Å². The number of aryl methyl sites for hydroxylation is 1. The van der Waals surface area contributed by atoms with E-state index in [1.54, 1.807) is 0 Å². The summed E-state index contributed by atoms with van der Waals surface area (Å²) in [6.07, 6.45) is 0.505. The molecule has 2 nitrogen and oxygen atoms in total.